The van der Waals surface area contributed by atoms with Crippen LogP contribution in [0, 0.1) is 20.8 Å². The Morgan fingerprint density at radius 3 is 2.64 bits per heavy atom. The average molecular weight is 480 g/mol. The number of hydrogen-bond acceptors (Lipinski definition) is 6. The molecule has 4 aromatic rings. The van der Waals surface area contributed by atoms with E-state index < -0.39 is 0 Å². The van der Waals surface area contributed by atoms with Gasteiger partial charge in [0.25, 0.3) is 5.56 Å². The van der Waals surface area contributed by atoms with E-state index in [0.717, 1.165) is 33.7 Å². The molecule has 0 saturated carbocycles. The van der Waals surface area contributed by atoms with E-state index in [0.29, 0.717) is 21.9 Å². The molecule has 0 fully saturated rings. The summed E-state index contributed by atoms with van der Waals surface area (Å²) in [6, 6.07) is 13.5. The first-order chi connectivity index (χ1) is 15.9. The Labute approximate surface area is 200 Å². The molecule has 0 atom stereocenters. The monoisotopic (exact) mass is 479 g/mol. The second kappa shape index (κ2) is 9.80. The number of aromatic nitrogens is 2. The average Bonchev–Trinajstić information content (AvgIpc) is 3.26. The number of thiophene rings is 1. The lowest BCUT2D eigenvalue weighted by Gasteiger charge is -2.14. The van der Waals surface area contributed by atoms with Gasteiger partial charge in [0.1, 0.15) is 10.4 Å². The predicted octanol–water partition coefficient (Wildman–Crippen LogP) is 5.17. The molecular formula is C25H25N3O3S2. The summed E-state index contributed by atoms with van der Waals surface area (Å²) in [5, 5.41) is 5.39. The van der Waals surface area contributed by atoms with Crippen LogP contribution in [-0.4, -0.2) is 28.3 Å². The molecule has 1 amide bonds. The van der Waals surface area contributed by atoms with Crippen molar-refractivity contribution in [3.05, 3.63) is 80.5 Å². The first kappa shape index (κ1) is 23.1. The molecule has 4 rings (SSSR count). The van der Waals surface area contributed by atoms with E-state index in [4.69, 9.17) is 4.74 Å². The lowest BCUT2D eigenvalue weighted by atomic mass is 10.1. The summed E-state index contributed by atoms with van der Waals surface area (Å²) >= 11 is 2.64. The second-order valence-corrected chi connectivity index (χ2v) is 9.74. The van der Waals surface area contributed by atoms with Crippen LogP contribution in [0.2, 0.25) is 0 Å². The van der Waals surface area contributed by atoms with Crippen molar-refractivity contribution in [1.29, 1.82) is 0 Å². The minimum absolute atomic E-state index is 0.106. The molecule has 0 unspecified atom stereocenters. The van der Waals surface area contributed by atoms with Gasteiger partial charge in [0.05, 0.1) is 24.9 Å². The number of rotatable bonds is 7. The van der Waals surface area contributed by atoms with Crippen LogP contribution in [0.4, 0.5) is 5.69 Å². The van der Waals surface area contributed by atoms with Gasteiger partial charge in [-0.25, -0.2) is 4.98 Å². The molecule has 33 heavy (non-hydrogen) atoms. The van der Waals surface area contributed by atoms with Gasteiger partial charge in [-0.1, -0.05) is 41.6 Å². The number of carbonyl (C=O) groups is 1. The molecule has 6 nitrogen and oxygen atoms in total. The van der Waals surface area contributed by atoms with Crippen molar-refractivity contribution >= 4 is 44.9 Å². The van der Waals surface area contributed by atoms with E-state index in [1.807, 2.05) is 68.6 Å². The van der Waals surface area contributed by atoms with Crippen molar-refractivity contribution in [1.82, 2.24) is 9.55 Å². The van der Waals surface area contributed by atoms with Crippen molar-refractivity contribution < 1.29 is 9.53 Å². The van der Waals surface area contributed by atoms with Crippen LogP contribution in [0.15, 0.2) is 57.8 Å². The van der Waals surface area contributed by atoms with Crippen molar-refractivity contribution in [2.75, 3.05) is 18.2 Å². The smallest absolute Gasteiger partial charge is 0.272 e. The number of hydrogen-bond donors (Lipinski definition) is 1. The van der Waals surface area contributed by atoms with Crippen LogP contribution in [0.25, 0.3) is 10.2 Å². The molecule has 0 aliphatic heterocycles. The van der Waals surface area contributed by atoms with Crippen LogP contribution in [-0.2, 0) is 11.3 Å². The zero-order valence-electron chi connectivity index (χ0n) is 19.0. The second-order valence-electron chi connectivity index (χ2n) is 7.88. The zero-order chi connectivity index (χ0) is 23.5. The molecular weight excluding hydrogens is 454 g/mol. The van der Waals surface area contributed by atoms with Crippen molar-refractivity contribution in [2.24, 2.45) is 0 Å². The van der Waals surface area contributed by atoms with E-state index in [2.05, 4.69) is 10.3 Å². The molecule has 0 saturated heterocycles. The summed E-state index contributed by atoms with van der Waals surface area (Å²) in [6.45, 7) is 6.35. The summed E-state index contributed by atoms with van der Waals surface area (Å²) in [6.07, 6.45) is 0. The Morgan fingerprint density at radius 1 is 1.15 bits per heavy atom. The summed E-state index contributed by atoms with van der Waals surface area (Å²) in [7, 11) is 1.61. The van der Waals surface area contributed by atoms with Crippen LogP contribution in [0.1, 0.15) is 22.3 Å². The number of nitrogens with one attached hydrogen (secondary N) is 1. The highest BCUT2D eigenvalue weighted by Crippen LogP contribution is 2.25. The van der Waals surface area contributed by atoms with E-state index in [1.165, 1.54) is 23.1 Å². The van der Waals surface area contributed by atoms with Gasteiger partial charge in [0.2, 0.25) is 5.91 Å². The molecule has 0 radical (unpaired) electrons. The molecule has 1 N–H and O–H groups in total. The molecule has 2 heterocycles. The molecule has 2 aromatic carbocycles. The van der Waals surface area contributed by atoms with E-state index in [9.17, 15) is 9.59 Å². The van der Waals surface area contributed by atoms with Crippen LogP contribution in [0.3, 0.4) is 0 Å². The molecule has 0 bridgehead atoms. The summed E-state index contributed by atoms with van der Waals surface area (Å²) in [5.41, 5.74) is 5.52. The molecule has 0 spiro atoms. The SMILES string of the molecule is COc1cccc(Cn2c(SCC(=O)Nc3c(C)cc(C)cc3C)nc3ccsc3c2=O)c1. The van der Waals surface area contributed by atoms with E-state index >= 15 is 0 Å². The number of nitrogens with zero attached hydrogens (tertiary/aromatic N) is 2. The lowest BCUT2D eigenvalue weighted by molar-refractivity contribution is -0.113. The van der Waals surface area contributed by atoms with Crippen molar-refractivity contribution in [3.63, 3.8) is 0 Å². The molecule has 0 aliphatic carbocycles. The highest BCUT2D eigenvalue weighted by molar-refractivity contribution is 7.99. The van der Waals surface area contributed by atoms with Crippen LogP contribution in [0.5, 0.6) is 5.75 Å². The zero-order valence-corrected chi connectivity index (χ0v) is 20.6. The van der Waals surface area contributed by atoms with Crippen LogP contribution < -0.4 is 15.6 Å². The lowest BCUT2D eigenvalue weighted by Crippen LogP contribution is -2.24. The van der Waals surface area contributed by atoms with E-state index in [-0.39, 0.29) is 17.2 Å². The normalized spacial score (nSPS) is 11.0. The topological polar surface area (TPSA) is 73.2 Å². The van der Waals surface area contributed by atoms with Gasteiger partial charge < -0.3 is 10.1 Å². The first-order valence-corrected chi connectivity index (χ1v) is 12.3. The Morgan fingerprint density at radius 2 is 1.91 bits per heavy atom. The van der Waals surface area contributed by atoms with Gasteiger partial charge in [0.15, 0.2) is 5.16 Å². The van der Waals surface area contributed by atoms with Gasteiger partial charge in [-0.15, -0.1) is 11.3 Å². The number of anilines is 1. The number of fused-ring (bicyclic) bond motifs is 1. The first-order valence-electron chi connectivity index (χ1n) is 10.5. The van der Waals surface area contributed by atoms with Gasteiger partial charge in [0, 0.05) is 5.69 Å². The molecule has 170 valence electrons. The minimum atomic E-state index is -0.136. The summed E-state index contributed by atoms with van der Waals surface area (Å²) in [4.78, 5) is 30.7. The fraction of sp³-hybridized carbons (Fsp3) is 0.240. The van der Waals surface area contributed by atoms with Gasteiger partial charge >= 0.3 is 0 Å². The molecule has 2 aromatic heterocycles. The van der Waals surface area contributed by atoms with E-state index in [1.54, 1.807) is 11.7 Å². The van der Waals surface area contributed by atoms with Gasteiger partial charge in [-0.2, -0.15) is 0 Å². The van der Waals surface area contributed by atoms with Gasteiger partial charge in [-0.3, -0.25) is 14.2 Å². The highest BCUT2D eigenvalue weighted by atomic mass is 32.2. The fourth-order valence-electron chi connectivity index (χ4n) is 3.81. The highest BCUT2D eigenvalue weighted by Gasteiger charge is 2.16. The largest absolute Gasteiger partial charge is 0.497 e. The number of aryl methyl sites for hydroxylation is 3. The number of thioether (sulfide) groups is 1. The quantitative estimate of drug-likeness (QED) is 0.292. The maximum absolute atomic E-state index is 13.2. The van der Waals surface area contributed by atoms with Crippen molar-refractivity contribution in [2.45, 2.75) is 32.5 Å². The fourth-order valence-corrected chi connectivity index (χ4v) is 5.39. The molecule has 0 aliphatic rings. The standard InChI is InChI=1S/C25H25N3O3S2/c1-15-10-16(2)22(17(3)11-15)27-21(29)14-33-25-26-20-8-9-32-23(20)24(30)28(25)13-18-6-5-7-19(12-18)31-4/h5-12H,13-14H2,1-4H3,(H,27,29). The number of methoxy groups -OCH3 is 1. The van der Waals surface area contributed by atoms with Gasteiger partial charge in [-0.05, 0) is 61.0 Å². The number of carbonyl (C=O) groups excluding carboxylic acids is 1. The number of ether oxygens (including phenoxy) is 1. The third kappa shape index (κ3) is 5.12. The summed E-state index contributed by atoms with van der Waals surface area (Å²) < 4.78 is 7.56. The third-order valence-electron chi connectivity index (χ3n) is 5.28. The summed E-state index contributed by atoms with van der Waals surface area (Å²) in [5.74, 6) is 0.734. The minimum Gasteiger partial charge on any atom is -0.497 e. The number of benzene rings is 2. The Hall–Kier alpha value is -3.10. The molecule has 8 heteroatoms. The Bertz CT molecular complexity index is 1370. The Balaban J connectivity index is 1.60. The van der Waals surface area contributed by atoms with Crippen molar-refractivity contribution in [3.8, 4) is 5.75 Å². The Kier molecular flexibility index (Phi) is 6.85. The maximum atomic E-state index is 13.2. The predicted molar refractivity (Wildman–Crippen MR) is 136 cm³/mol. The number of amides is 1. The third-order valence-corrected chi connectivity index (χ3v) is 7.15. The van der Waals surface area contributed by atoms with Crippen LogP contribution >= 0.6 is 23.1 Å². The maximum Gasteiger partial charge on any atom is 0.272 e.